The average molecular weight is 641 g/mol. The zero-order valence-electron chi connectivity index (χ0n) is 23.6. The summed E-state index contributed by atoms with van der Waals surface area (Å²) in [5, 5.41) is 1.60. The van der Waals surface area contributed by atoms with Crippen LogP contribution in [0.3, 0.4) is 0 Å². The highest BCUT2D eigenvalue weighted by Crippen LogP contribution is 2.63. The molecule has 3 aliphatic rings. The van der Waals surface area contributed by atoms with Crippen molar-refractivity contribution in [2.24, 2.45) is 0 Å². The van der Waals surface area contributed by atoms with Crippen molar-refractivity contribution in [3.05, 3.63) is 146 Å². The van der Waals surface area contributed by atoms with Gasteiger partial charge in [-0.25, -0.2) is 9.59 Å². The Morgan fingerprint density at radius 3 is 2.00 bits per heavy atom. The number of fused-ring (bicyclic) bond motifs is 9. The van der Waals surface area contributed by atoms with Gasteiger partial charge in [-0.1, -0.05) is 102 Å². The molecule has 5 nitrogen and oxygen atoms in total. The third-order valence-corrected chi connectivity index (χ3v) is 9.44. The Labute approximate surface area is 269 Å². The van der Waals surface area contributed by atoms with E-state index in [1.807, 2.05) is 102 Å². The number of anilines is 1. The summed E-state index contributed by atoms with van der Waals surface area (Å²) in [6.45, 7) is 0. The summed E-state index contributed by atoms with van der Waals surface area (Å²) in [6, 6.07) is 26.0. The molecule has 1 spiro atoms. The second-order valence-electron chi connectivity index (χ2n) is 10.7. The van der Waals surface area contributed by atoms with Crippen molar-refractivity contribution in [1.29, 1.82) is 0 Å². The third-order valence-electron chi connectivity index (χ3n) is 8.62. The molecule has 7 rings (SSSR count). The summed E-state index contributed by atoms with van der Waals surface area (Å²) in [5.41, 5.74) is 5.66. The number of ether oxygens (including phenoxy) is 2. The third kappa shape index (κ3) is 4.00. The number of rotatable bonds is 4. The maximum absolute atomic E-state index is 14.1. The SMILES string of the molecule is COC(=O)C1=C(C(=O)OC)C2(c3cc(Cl)ccc3-c3ccc(Cl)cc32)C2C=C(/C=C/c3ccccc3Cl)c3ccccc3N12. The van der Waals surface area contributed by atoms with E-state index in [0.717, 1.165) is 44.6 Å². The number of hydrogen-bond donors (Lipinski definition) is 0. The first-order valence-corrected chi connectivity index (χ1v) is 15.0. The molecule has 2 heterocycles. The highest BCUT2D eigenvalue weighted by Gasteiger charge is 2.63. The predicted octanol–water partition coefficient (Wildman–Crippen LogP) is 8.51. The highest BCUT2D eigenvalue weighted by atomic mass is 35.5. The Hall–Kier alpha value is -4.29. The standard InChI is InChI=1S/C36H24Cl3NO4/c1-43-34(41)32-33(35(42)44-2)40-30-10-6-4-8-24(30)21(12-11-20-7-3-5-9-29(20)39)17-31(40)36(32)27-18-22(37)13-15-25(27)26-16-14-23(38)19-28(26)36/h3-19,31H,1-2H3/b12-11+. The molecule has 0 saturated heterocycles. The first-order valence-electron chi connectivity index (χ1n) is 13.9. The Morgan fingerprint density at radius 1 is 0.750 bits per heavy atom. The number of allylic oxidation sites excluding steroid dienone is 2. The van der Waals surface area contributed by atoms with E-state index < -0.39 is 23.4 Å². The zero-order valence-corrected chi connectivity index (χ0v) is 25.9. The van der Waals surface area contributed by atoms with Gasteiger partial charge in [-0.05, 0) is 69.8 Å². The molecule has 1 atom stereocenters. The first-order chi connectivity index (χ1) is 21.3. The Balaban J connectivity index is 1.61. The van der Waals surface area contributed by atoms with Gasteiger partial charge in [0.05, 0.1) is 31.2 Å². The van der Waals surface area contributed by atoms with Crippen molar-refractivity contribution in [3.63, 3.8) is 0 Å². The van der Waals surface area contributed by atoms with Gasteiger partial charge in [0.1, 0.15) is 5.70 Å². The molecular formula is C36H24Cl3NO4. The zero-order chi connectivity index (χ0) is 30.7. The Kier molecular flexibility index (Phi) is 6.93. The van der Waals surface area contributed by atoms with Crippen LogP contribution in [0.2, 0.25) is 15.1 Å². The summed E-state index contributed by atoms with van der Waals surface area (Å²) in [6.07, 6.45) is 6.05. The van der Waals surface area contributed by atoms with Crippen molar-refractivity contribution < 1.29 is 19.1 Å². The van der Waals surface area contributed by atoms with Gasteiger partial charge < -0.3 is 14.4 Å². The van der Waals surface area contributed by atoms with Crippen LogP contribution < -0.4 is 4.90 Å². The van der Waals surface area contributed by atoms with E-state index >= 15 is 0 Å². The van der Waals surface area contributed by atoms with Crippen molar-refractivity contribution in [2.75, 3.05) is 19.1 Å². The fraction of sp³-hybridized carbons (Fsp3) is 0.111. The van der Waals surface area contributed by atoms with Crippen molar-refractivity contribution in [1.82, 2.24) is 0 Å². The number of halogens is 3. The molecule has 4 aromatic rings. The smallest absolute Gasteiger partial charge is 0.355 e. The van der Waals surface area contributed by atoms with Crippen LogP contribution in [0.4, 0.5) is 5.69 Å². The first kappa shape index (κ1) is 28.5. The molecule has 0 amide bonds. The van der Waals surface area contributed by atoms with Crippen molar-refractivity contribution >= 4 is 64.1 Å². The molecule has 1 aliphatic carbocycles. The minimum absolute atomic E-state index is 0.0981. The van der Waals surface area contributed by atoms with Crippen LogP contribution in [-0.4, -0.2) is 32.2 Å². The number of benzene rings is 4. The van der Waals surface area contributed by atoms with Gasteiger partial charge in [0.25, 0.3) is 0 Å². The largest absolute Gasteiger partial charge is 0.466 e. The fourth-order valence-corrected chi connectivity index (χ4v) is 7.47. The van der Waals surface area contributed by atoms with Crippen LogP contribution in [0.5, 0.6) is 0 Å². The van der Waals surface area contributed by atoms with Gasteiger partial charge >= 0.3 is 11.9 Å². The molecule has 0 N–H and O–H groups in total. The number of methoxy groups -OCH3 is 2. The molecule has 0 radical (unpaired) electrons. The molecule has 0 bridgehead atoms. The van der Waals surface area contributed by atoms with Gasteiger partial charge in [0.2, 0.25) is 0 Å². The lowest BCUT2D eigenvalue weighted by atomic mass is 9.67. The van der Waals surface area contributed by atoms with Crippen LogP contribution in [0.15, 0.2) is 108 Å². The van der Waals surface area contributed by atoms with E-state index in [0.29, 0.717) is 15.1 Å². The monoisotopic (exact) mass is 639 g/mol. The molecule has 44 heavy (non-hydrogen) atoms. The van der Waals surface area contributed by atoms with Crippen LogP contribution in [0.1, 0.15) is 22.3 Å². The Bertz CT molecular complexity index is 1940. The minimum Gasteiger partial charge on any atom is -0.466 e. The lowest BCUT2D eigenvalue weighted by Crippen LogP contribution is -2.46. The van der Waals surface area contributed by atoms with Crippen LogP contribution in [-0.2, 0) is 24.5 Å². The molecule has 2 aliphatic heterocycles. The molecule has 0 aromatic heterocycles. The minimum atomic E-state index is -1.23. The maximum Gasteiger partial charge on any atom is 0.355 e. The summed E-state index contributed by atoms with van der Waals surface area (Å²) < 4.78 is 10.8. The second-order valence-corrected chi connectivity index (χ2v) is 12.0. The summed E-state index contributed by atoms with van der Waals surface area (Å²) in [4.78, 5) is 29.7. The van der Waals surface area contributed by atoms with Crippen LogP contribution in [0, 0.1) is 0 Å². The number of esters is 2. The van der Waals surface area contributed by atoms with Crippen molar-refractivity contribution in [2.45, 2.75) is 11.5 Å². The number of nitrogens with zero attached hydrogens (tertiary/aromatic N) is 1. The van der Waals surface area contributed by atoms with E-state index in [2.05, 4.69) is 6.08 Å². The van der Waals surface area contributed by atoms with E-state index in [1.54, 1.807) is 0 Å². The maximum atomic E-state index is 14.1. The normalized spacial score (nSPS) is 17.2. The molecule has 0 saturated carbocycles. The van der Waals surface area contributed by atoms with Gasteiger partial charge in [-0.15, -0.1) is 0 Å². The fourth-order valence-electron chi connectivity index (χ4n) is 6.93. The number of carbonyl (C=O) groups excluding carboxylic acids is 2. The molecule has 4 aromatic carbocycles. The van der Waals surface area contributed by atoms with Gasteiger partial charge in [0, 0.05) is 26.3 Å². The molecule has 1 unspecified atom stereocenters. The van der Waals surface area contributed by atoms with Crippen LogP contribution >= 0.6 is 34.8 Å². The van der Waals surface area contributed by atoms with E-state index in [4.69, 9.17) is 44.3 Å². The molecule has 0 fully saturated rings. The van der Waals surface area contributed by atoms with E-state index in [-0.39, 0.29) is 11.3 Å². The number of carbonyl (C=O) groups is 2. The lowest BCUT2D eigenvalue weighted by Gasteiger charge is -2.41. The Morgan fingerprint density at radius 2 is 1.36 bits per heavy atom. The van der Waals surface area contributed by atoms with E-state index in [9.17, 15) is 9.59 Å². The summed E-state index contributed by atoms with van der Waals surface area (Å²) >= 11 is 19.8. The number of hydrogen-bond acceptors (Lipinski definition) is 5. The van der Waals surface area contributed by atoms with Gasteiger partial charge in [0.15, 0.2) is 0 Å². The predicted molar refractivity (Wildman–Crippen MR) is 175 cm³/mol. The molecular weight excluding hydrogens is 617 g/mol. The topological polar surface area (TPSA) is 55.8 Å². The second kappa shape index (κ2) is 10.7. The van der Waals surface area contributed by atoms with Crippen molar-refractivity contribution in [3.8, 4) is 11.1 Å². The average Bonchev–Trinajstić information content (AvgIpc) is 3.49. The molecule has 8 heteroatoms. The highest BCUT2D eigenvalue weighted by molar-refractivity contribution is 6.32. The quantitative estimate of drug-likeness (QED) is 0.209. The number of para-hydroxylation sites is 1. The summed E-state index contributed by atoms with van der Waals surface area (Å²) in [7, 11) is 2.61. The van der Waals surface area contributed by atoms with E-state index in [1.165, 1.54) is 14.2 Å². The summed E-state index contributed by atoms with van der Waals surface area (Å²) in [5.74, 6) is -1.32. The van der Waals surface area contributed by atoms with Gasteiger partial charge in [-0.3, -0.25) is 0 Å². The molecule has 218 valence electrons. The lowest BCUT2D eigenvalue weighted by molar-refractivity contribution is -0.139. The van der Waals surface area contributed by atoms with Crippen LogP contribution in [0.25, 0.3) is 22.8 Å². The van der Waals surface area contributed by atoms with Gasteiger partial charge in [-0.2, -0.15) is 0 Å².